The number of ether oxygens (including phenoxy) is 1. The number of anilines is 1. The van der Waals surface area contributed by atoms with Gasteiger partial charge in [-0.05, 0) is 43.3 Å². The molecule has 0 aromatic heterocycles. The van der Waals surface area contributed by atoms with Crippen LogP contribution in [0.1, 0.15) is 5.56 Å². The summed E-state index contributed by atoms with van der Waals surface area (Å²) in [5.41, 5.74) is 1.93. The first-order valence-electron chi connectivity index (χ1n) is 7.29. The van der Waals surface area contributed by atoms with Gasteiger partial charge in [0.15, 0.2) is 4.90 Å². The summed E-state index contributed by atoms with van der Waals surface area (Å²) in [6.45, 7) is 2.03. The minimum atomic E-state index is -1.30. The first kappa shape index (κ1) is 15.5. The summed E-state index contributed by atoms with van der Waals surface area (Å²) in [4.78, 5) is 0.734. The lowest BCUT2D eigenvalue weighted by Crippen LogP contribution is -2.12. The fourth-order valence-corrected chi connectivity index (χ4v) is 2.94. The van der Waals surface area contributed by atoms with Crippen molar-refractivity contribution in [2.24, 2.45) is 0 Å². The summed E-state index contributed by atoms with van der Waals surface area (Å²) in [5.74, 6) is 1.47. The Morgan fingerprint density at radius 3 is 2.30 bits per heavy atom. The zero-order valence-electron chi connectivity index (χ0n) is 12.7. The Bertz CT molecular complexity index is 760. The van der Waals surface area contributed by atoms with Crippen molar-refractivity contribution in [3.8, 4) is 11.5 Å². The van der Waals surface area contributed by atoms with Crippen molar-refractivity contribution in [2.45, 2.75) is 11.8 Å². The topological polar surface area (TPSA) is 44.3 Å². The molecule has 0 amide bonds. The molecular weight excluding hydrogens is 306 g/mol. The molecule has 1 N–H and O–H groups in total. The number of rotatable bonds is 5. The summed E-state index contributed by atoms with van der Waals surface area (Å²) >= 11 is -1.30. The van der Waals surface area contributed by atoms with E-state index in [1.165, 1.54) is 5.56 Å². The van der Waals surface area contributed by atoms with Gasteiger partial charge in [0.2, 0.25) is 0 Å². The van der Waals surface area contributed by atoms with Crippen LogP contribution in [0.4, 0.5) is 5.69 Å². The van der Waals surface area contributed by atoms with Crippen molar-refractivity contribution in [1.82, 2.24) is 0 Å². The number of hydrogen-bond acceptors (Lipinski definition) is 3. The predicted octanol–water partition coefficient (Wildman–Crippen LogP) is 4.92. The fourth-order valence-electron chi connectivity index (χ4n) is 2.08. The number of aryl methyl sites for hydroxylation is 1. The molecule has 1 unspecified atom stereocenters. The SMILES string of the molecule is Cc1ccc(Oc2cccc(N[S+]([O-])c3ccccc3)c2)cc1. The highest BCUT2D eigenvalue weighted by atomic mass is 32.2. The van der Waals surface area contributed by atoms with Gasteiger partial charge in [-0.3, -0.25) is 0 Å². The Morgan fingerprint density at radius 2 is 1.57 bits per heavy atom. The average molecular weight is 323 g/mol. The first-order chi connectivity index (χ1) is 11.2. The lowest BCUT2D eigenvalue weighted by atomic mass is 10.2. The summed E-state index contributed by atoms with van der Waals surface area (Å²) in [5, 5.41) is 0. The molecule has 0 spiro atoms. The smallest absolute Gasteiger partial charge is 0.179 e. The molecule has 3 rings (SSSR count). The van der Waals surface area contributed by atoms with E-state index < -0.39 is 11.4 Å². The van der Waals surface area contributed by atoms with E-state index in [4.69, 9.17) is 4.74 Å². The van der Waals surface area contributed by atoms with Crippen LogP contribution in [-0.4, -0.2) is 4.55 Å². The van der Waals surface area contributed by atoms with Gasteiger partial charge >= 0.3 is 0 Å². The van der Waals surface area contributed by atoms with Gasteiger partial charge in [0.05, 0.1) is 5.69 Å². The van der Waals surface area contributed by atoms with Gasteiger partial charge in [-0.2, -0.15) is 0 Å². The first-order valence-corrected chi connectivity index (χ1v) is 8.44. The summed E-state index contributed by atoms with van der Waals surface area (Å²) in [6, 6.07) is 24.6. The molecule has 0 aliphatic heterocycles. The minimum absolute atomic E-state index is 0.698. The van der Waals surface area contributed by atoms with Gasteiger partial charge in [-0.25, -0.2) is 4.72 Å². The van der Waals surface area contributed by atoms with E-state index in [9.17, 15) is 4.55 Å². The molecule has 116 valence electrons. The van der Waals surface area contributed by atoms with Crippen LogP contribution in [0.2, 0.25) is 0 Å². The highest BCUT2D eigenvalue weighted by Gasteiger charge is 2.11. The van der Waals surface area contributed by atoms with Gasteiger partial charge in [-0.1, -0.05) is 42.0 Å². The molecule has 0 heterocycles. The van der Waals surface area contributed by atoms with E-state index in [2.05, 4.69) is 4.72 Å². The molecule has 0 aliphatic carbocycles. The zero-order valence-corrected chi connectivity index (χ0v) is 13.5. The molecule has 3 nitrogen and oxygen atoms in total. The fraction of sp³-hybridized carbons (Fsp3) is 0.0526. The molecule has 23 heavy (non-hydrogen) atoms. The summed E-state index contributed by atoms with van der Waals surface area (Å²) in [6.07, 6.45) is 0. The van der Waals surface area contributed by atoms with Crippen LogP contribution in [0.3, 0.4) is 0 Å². The molecule has 4 heteroatoms. The van der Waals surface area contributed by atoms with E-state index in [0.29, 0.717) is 5.75 Å². The Hall–Kier alpha value is -2.43. The third-order valence-electron chi connectivity index (χ3n) is 3.26. The second-order valence-corrected chi connectivity index (χ2v) is 6.34. The molecule has 0 radical (unpaired) electrons. The number of benzene rings is 3. The third-order valence-corrected chi connectivity index (χ3v) is 4.38. The second kappa shape index (κ2) is 7.22. The number of nitrogens with one attached hydrogen (secondary N) is 1. The molecular formula is C19H17NO2S. The van der Waals surface area contributed by atoms with Crippen LogP contribution >= 0.6 is 0 Å². The van der Waals surface area contributed by atoms with E-state index in [1.807, 2.05) is 85.8 Å². The summed E-state index contributed by atoms with van der Waals surface area (Å²) in [7, 11) is 0. The van der Waals surface area contributed by atoms with E-state index in [0.717, 1.165) is 16.3 Å². The summed E-state index contributed by atoms with van der Waals surface area (Å²) < 4.78 is 21.1. The van der Waals surface area contributed by atoms with Crippen molar-refractivity contribution in [3.05, 3.63) is 84.4 Å². The molecule has 0 saturated heterocycles. The molecule has 3 aromatic rings. The maximum absolute atomic E-state index is 12.3. The molecule has 0 fully saturated rings. The Labute approximate surface area is 139 Å². The van der Waals surface area contributed by atoms with Gasteiger partial charge in [-0.15, -0.1) is 0 Å². The standard InChI is InChI=1S/C19H17NO2S/c1-15-10-12-17(13-11-15)22-18-7-5-6-16(14-18)20-23(21)19-8-3-2-4-9-19/h2-14,20H,1H3. The second-order valence-electron chi connectivity index (χ2n) is 5.13. The normalized spacial score (nSPS) is 11.7. The molecule has 0 aliphatic rings. The molecule has 0 saturated carbocycles. The average Bonchev–Trinajstić information content (AvgIpc) is 2.58. The lowest BCUT2D eigenvalue weighted by Gasteiger charge is -2.12. The Balaban J connectivity index is 1.71. The monoisotopic (exact) mass is 323 g/mol. The van der Waals surface area contributed by atoms with Crippen molar-refractivity contribution in [2.75, 3.05) is 4.72 Å². The largest absolute Gasteiger partial charge is 0.588 e. The predicted molar refractivity (Wildman–Crippen MR) is 94.2 cm³/mol. The third kappa shape index (κ3) is 4.28. The molecule has 1 atom stereocenters. The van der Waals surface area contributed by atoms with Crippen molar-refractivity contribution in [1.29, 1.82) is 0 Å². The Kier molecular flexibility index (Phi) is 4.86. The van der Waals surface area contributed by atoms with Crippen molar-refractivity contribution >= 4 is 17.0 Å². The van der Waals surface area contributed by atoms with Gasteiger partial charge in [0, 0.05) is 6.07 Å². The van der Waals surface area contributed by atoms with Gasteiger partial charge in [0.25, 0.3) is 0 Å². The van der Waals surface area contributed by atoms with Gasteiger partial charge in [0.1, 0.15) is 22.9 Å². The van der Waals surface area contributed by atoms with Crippen LogP contribution in [0.25, 0.3) is 0 Å². The van der Waals surface area contributed by atoms with E-state index in [-0.39, 0.29) is 0 Å². The highest BCUT2D eigenvalue weighted by molar-refractivity contribution is 7.92. The van der Waals surface area contributed by atoms with Crippen LogP contribution in [0.5, 0.6) is 11.5 Å². The highest BCUT2D eigenvalue weighted by Crippen LogP contribution is 2.25. The van der Waals surface area contributed by atoms with Crippen molar-refractivity contribution in [3.63, 3.8) is 0 Å². The number of hydrogen-bond donors (Lipinski definition) is 1. The van der Waals surface area contributed by atoms with E-state index >= 15 is 0 Å². The zero-order chi connectivity index (χ0) is 16.1. The maximum atomic E-state index is 12.3. The molecule has 0 bridgehead atoms. The van der Waals surface area contributed by atoms with Crippen LogP contribution in [0, 0.1) is 6.92 Å². The molecule has 3 aromatic carbocycles. The Morgan fingerprint density at radius 1 is 0.826 bits per heavy atom. The van der Waals surface area contributed by atoms with Crippen LogP contribution in [0.15, 0.2) is 83.8 Å². The van der Waals surface area contributed by atoms with E-state index in [1.54, 1.807) is 0 Å². The van der Waals surface area contributed by atoms with Crippen LogP contribution < -0.4 is 9.46 Å². The maximum Gasteiger partial charge on any atom is 0.179 e. The van der Waals surface area contributed by atoms with Crippen molar-refractivity contribution < 1.29 is 9.29 Å². The lowest BCUT2D eigenvalue weighted by molar-refractivity contribution is 0.483. The quantitative estimate of drug-likeness (QED) is 0.678. The minimum Gasteiger partial charge on any atom is -0.588 e. The van der Waals surface area contributed by atoms with Gasteiger partial charge < -0.3 is 9.29 Å². The van der Waals surface area contributed by atoms with Crippen LogP contribution in [-0.2, 0) is 11.4 Å².